The molecule has 0 unspecified atom stereocenters. The Morgan fingerprint density at radius 2 is 2.00 bits per heavy atom. The number of hydrogen-bond donors (Lipinski definition) is 0. The maximum Gasteiger partial charge on any atom is 0.270 e. The van der Waals surface area contributed by atoms with E-state index in [-0.39, 0.29) is 5.69 Å². The molecular weight excluding hydrogens is 274 g/mol. The first kappa shape index (κ1) is 14.3. The smallest absolute Gasteiger partial charge is 0.270 e. The molecule has 0 bridgehead atoms. The van der Waals surface area contributed by atoms with Crippen LogP contribution in [-0.2, 0) is 5.75 Å². The second-order valence-corrected chi connectivity index (χ2v) is 5.33. The van der Waals surface area contributed by atoms with Crippen molar-refractivity contribution in [3.05, 3.63) is 69.3 Å². The molecule has 0 fully saturated rings. The van der Waals surface area contributed by atoms with Gasteiger partial charge in [0.15, 0.2) is 6.29 Å². The summed E-state index contributed by atoms with van der Waals surface area (Å²) in [5.74, 6) is 0.728. The Kier molecular flexibility index (Phi) is 4.53. The molecule has 0 heterocycles. The first-order valence-corrected chi connectivity index (χ1v) is 7.01. The van der Waals surface area contributed by atoms with E-state index in [1.165, 1.54) is 35.0 Å². The van der Waals surface area contributed by atoms with Crippen LogP contribution in [0.4, 0.5) is 5.69 Å². The SMILES string of the molecule is Cc1ccccc1CSc1ccc([N+](=O)[O-])cc1C=O. The Hall–Kier alpha value is -2.14. The van der Waals surface area contributed by atoms with Gasteiger partial charge in [0.2, 0.25) is 0 Å². The first-order valence-electron chi connectivity index (χ1n) is 6.02. The number of nitro groups is 1. The summed E-state index contributed by atoms with van der Waals surface area (Å²) in [6.45, 7) is 2.03. The number of nitro benzene ring substituents is 1. The minimum atomic E-state index is -0.497. The highest BCUT2D eigenvalue weighted by Gasteiger charge is 2.11. The molecule has 0 aliphatic heterocycles. The monoisotopic (exact) mass is 287 g/mol. The lowest BCUT2D eigenvalue weighted by Gasteiger charge is -2.07. The molecule has 2 aromatic rings. The lowest BCUT2D eigenvalue weighted by molar-refractivity contribution is -0.384. The molecule has 4 nitrogen and oxygen atoms in total. The van der Waals surface area contributed by atoms with Gasteiger partial charge in [0.05, 0.1) is 4.92 Å². The predicted molar refractivity (Wildman–Crippen MR) is 79.2 cm³/mol. The third-order valence-electron chi connectivity index (χ3n) is 2.98. The van der Waals surface area contributed by atoms with E-state index in [2.05, 4.69) is 0 Å². The molecule has 5 heteroatoms. The zero-order valence-electron chi connectivity index (χ0n) is 10.9. The molecule has 2 rings (SSSR count). The highest BCUT2D eigenvalue weighted by Crippen LogP contribution is 2.29. The molecule has 0 atom stereocenters. The van der Waals surface area contributed by atoms with Crippen molar-refractivity contribution in [3.63, 3.8) is 0 Å². The first-order chi connectivity index (χ1) is 9.61. The summed E-state index contributed by atoms with van der Waals surface area (Å²) in [6, 6.07) is 12.4. The number of hydrogen-bond acceptors (Lipinski definition) is 4. The van der Waals surface area contributed by atoms with Gasteiger partial charge in [0.25, 0.3) is 5.69 Å². The molecule has 20 heavy (non-hydrogen) atoms. The van der Waals surface area contributed by atoms with Crippen molar-refractivity contribution in [2.24, 2.45) is 0 Å². The number of carbonyl (C=O) groups is 1. The topological polar surface area (TPSA) is 60.2 Å². The lowest BCUT2D eigenvalue weighted by atomic mass is 10.1. The van der Waals surface area contributed by atoms with Gasteiger partial charge >= 0.3 is 0 Å². The maximum absolute atomic E-state index is 11.0. The Bertz CT molecular complexity index is 655. The van der Waals surface area contributed by atoms with Crippen LogP contribution >= 0.6 is 11.8 Å². The van der Waals surface area contributed by atoms with E-state index in [0.29, 0.717) is 11.8 Å². The van der Waals surface area contributed by atoms with E-state index in [9.17, 15) is 14.9 Å². The molecular formula is C15H13NO3S. The van der Waals surface area contributed by atoms with Gasteiger partial charge in [-0.15, -0.1) is 11.8 Å². The summed E-state index contributed by atoms with van der Waals surface area (Å²) >= 11 is 1.51. The van der Waals surface area contributed by atoms with E-state index in [4.69, 9.17) is 0 Å². The Morgan fingerprint density at radius 3 is 2.65 bits per heavy atom. The van der Waals surface area contributed by atoms with Crippen LogP contribution in [-0.4, -0.2) is 11.2 Å². The van der Waals surface area contributed by atoms with Crippen molar-refractivity contribution in [2.45, 2.75) is 17.6 Å². The molecule has 0 saturated carbocycles. The normalized spacial score (nSPS) is 10.2. The molecule has 0 aromatic heterocycles. The van der Waals surface area contributed by atoms with E-state index in [0.717, 1.165) is 10.6 Å². The van der Waals surface area contributed by atoms with Gasteiger partial charge in [-0.05, 0) is 24.1 Å². The number of rotatable bonds is 5. The van der Waals surface area contributed by atoms with Crippen LogP contribution in [0.5, 0.6) is 0 Å². The molecule has 0 amide bonds. The van der Waals surface area contributed by atoms with Gasteiger partial charge in [0, 0.05) is 28.3 Å². The number of thioether (sulfide) groups is 1. The minimum absolute atomic E-state index is 0.0626. The largest absolute Gasteiger partial charge is 0.298 e. The fourth-order valence-corrected chi connectivity index (χ4v) is 2.87. The van der Waals surface area contributed by atoms with Crippen LogP contribution in [0.15, 0.2) is 47.4 Å². The Morgan fingerprint density at radius 1 is 1.25 bits per heavy atom. The second kappa shape index (κ2) is 6.34. The molecule has 0 N–H and O–H groups in total. The van der Waals surface area contributed by atoms with Crippen molar-refractivity contribution >= 4 is 23.7 Å². The van der Waals surface area contributed by atoms with Crippen LogP contribution < -0.4 is 0 Å². The van der Waals surface area contributed by atoms with E-state index in [1.54, 1.807) is 6.07 Å². The van der Waals surface area contributed by atoms with Crippen molar-refractivity contribution in [2.75, 3.05) is 0 Å². The summed E-state index contributed by atoms with van der Waals surface area (Å²) in [4.78, 5) is 22.0. The number of nitrogens with zero attached hydrogens (tertiary/aromatic N) is 1. The zero-order chi connectivity index (χ0) is 14.5. The third-order valence-corrected chi connectivity index (χ3v) is 4.11. The minimum Gasteiger partial charge on any atom is -0.298 e. The van der Waals surface area contributed by atoms with Crippen LogP contribution in [0.3, 0.4) is 0 Å². The number of aldehydes is 1. The fraction of sp³-hybridized carbons (Fsp3) is 0.133. The Labute approximate surface area is 121 Å². The number of non-ortho nitro benzene ring substituents is 1. The summed E-state index contributed by atoms with van der Waals surface area (Å²) < 4.78 is 0. The van der Waals surface area contributed by atoms with Crippen LogP contribution in [0.2, 0.25) is 0 Å². The van der Waals surface area contributed by atoms with E-state index >= 15 is 0 Å². The van der Waals surface area contributed by atoms with Crippen molar-refractivity contribution in [1.29, 1.82) is 0 Å². The summed E-state index contributed by atoms with van der Waals surface area (Å²) in [5.41, 5.74) is 2.67. The van der Waals surface area contributed by atoms with Crippen LogP contribution in [0.1, 0.15) is 21.5 Å². The zero-order valence-corrected chi connectivity index (χ0v) is 11.7. The quantitative estimate of drug-likeness (QED) is 0.361. The average molecular weight is 287 g/mol. The summed E-state index contributed by atoms with van der Waals surface area (Å²) in [5, 5.41) is 10.7. The van der Waals surface area contributed by atoms with Crippen LogP contribution in [0.25, 0.3) is 0 Å². The molecule has 0 aliphatic carbocycles. The summed E-state index contributed by atoms with van der Waals surface area (Å²) in [6.07, 6.45) is 0.660. The van der Waals surface area contributed by atoms with Gasteiger partial charge in [-0.25, -0.2) is 0 Å². The highest BCUT2D eigenvalue weighted by molar-refractivity contribution is 7.98. The highest BCUT2D eigenvalue weighted by atomic mass is 32.2. The molecule has 2 aromatic carbocycles. The molecule has 0 spiro atoms. The van der Waals surface area contributed by atoms with Gasteiger partial charge in [0.1, 0.15) is 0 Å². The fourth-order valence-electron chi connectivity index (χ4n) is 1.80. The number of benzene rings is 2. The van der Waals surface area contributed by atoms with Crippen molar-refractivity contribution in [3.8, 4) is 0 Å². The van der Waals surface area contributed by atoms with Crippen molar-refractivity contribution < 1.29 is 9.72 Å². The number of aryl methyl sites for hydroxylation is 1. The maximum atomic E-state index is 11.0. The predicted octanol–water partition coefficient (Wildman–Crippen LogP) is 4.01. The average Bonchev–Trinajstić information content (AvgIpc) is 2.46. The van der Waals surface area contributed by atoms with E-state index in [1.807, 2.05) is 31.2 Å². The van der Waals surface area contributed by atoms with Gasteiger partial charge in [-0.3, -0.25) is 14.9 Å². The molecule has 102 valence electrons. The second-order valence-electron chi connectivity index (χ2n) is 4.31. The van der Waals surface area contributed by atoms with Gasteiger partial charge in [-0.2, -0.15) is 0 Å². The number of carbonyl (C=O) groups excluding carboxylic acids is 1. The third kappa shape index (κ3) is 3.24. The summed E-state index contributed by atoms with van der Waals surface area (Å²) in [7, 11) is 0. The lowest BCUT2D eigenvalue weighted by Crippen LogP contribution is -1.93. The van der Waals surface area contributed by atoms with Crippen molar-refractivity contribution in [1.82, 2.24) is 0 Å². The Balaban J connectivity index is 2.19. The van der Waals surface area contributed by atoms with E-state index < -0.39 is 4.92 Å². The molecule has 0 aliphatic rings. The molecule has 0 radical (unpaired) electrons. The van der Waals surface area contributed by atoms with Gasteiger partial charge in [-0.1, -0.05) is 24.3 Å². The van der Waals surface area contributed by atoms with Gasteiger partial charge < -0.3 is 0 Å². The van der Waals surface area contributed by atoms with Crippen LogP contribution in [0, 0.1) is 17.0 Å². The molecule has 0 saturated heterocycles. The standard InChI is InChI=1S/C15H13NO3S/c1-11-4-2-3-5-12(11)10-20-15-7-6-14(16(18)19)8-13(15)9-17/h2-9H,10H2,1H3.